The highest BCUT2D eigenvalue weighted by molar-refractivity contribution is 5.91. The number of ether oxygens (including phenoxy) is 10. The van der Waals surface area contributed by atoms with Crippen LogP contribution in [0.2, 0.25) is 0 Å². The van der Waals surface area contributed by atoms with Gasteiger partial charge in [-0.2, -0.15) is 0 Å². The Morgan fingerprint density at radius 1 is 0.662 bits per heavy atom. The quantitative estimate of drug-likeness (QED) is 0.0378. The number of aliphatic hydroxyl groups excluding tert-OH is 7. The molecule has 360 valence electrons. The summed E-state index contributed by atoms with van der Waals surface area (Å²) >= 11 is 0. The number of hydrogen-bond acceptors (Lipinski definition) is 23. The molecule has 9 N–H and O–H groups in total. The van der Waals surface area contributed by atoms with Crippen LogP contribution in [-0.2, 0) is 73.0 Å². The van der Waals surface area contributed by atoms with Crippen molar-refractivity contribution in [3.8, 4) is 11.5 Å². The summed E-state index contributed by atoms with van der Waals surface area (Å²) in [5, 5.41) is 92.2. The summed E-state index contributed by atoms with van der Waals surface area (Å²) in [7, 11) is 2.17. The second kappa shape index (κ2) is 22.8. The van der Waals surface area contributed by atoms with Crippen molar-refractivity contribution in [3.63, 3.8) is 0 Å². The van der Waals surface area contributed by atoms with Crippen molar-refractivity contribution in [2.24, 2.45) is 11.8 Å². The van der Waals surface area contributed by atoms with E-state index in [1.165, 1.54) is 44.2 Å². The van der Waals surface area contributed by atoms with Gasteiger partial charge in [-0.05, 0) is 31.5 Å². The highest BCUT2D eigenvalue weighted by Gasteiger charge is 2.51. The summed E-state index contributed by atoms with van der Waals surface area (Å²) in [6, 6.07) is 4.10. The summed E-state index contributed by atoms with van der Waals surface area (Å²) in [5.74, 6) is -6.77. The fraction of sp³-hybridized carbons (Fsp3) is 0.571. The average molecular weight is 927 g/mol. The van der Waals surface area contributed by atoms with Crippen LogP contribution in [-0.4, -0.2) is 178 Å². The van der Waals surface area contributed by atoms with Gasteiger partial charge in [0.05, 0.1) is 70.6 Å². The third kappa shape index (κ3) is 11.6. The molecule has 0 amide bonds. The van der Waals surface area contributed by atoms with Crippen LogP contribution in [0.4, 0.5) is 0 Å². The molecular formula is C42H54O23. The topological polar surface area (TPSA) is 343 Å². The van der Waals surface area contributed by atoms with Gasteiger partial charge in [-0.1, -0.05) is 18.2 Å². The Kier molecular flexibility index (Phi) is 17.8. The van der Waals surface area contributed by atoms with Gasteiger partial charge in [0.2, 0.25) is 18.9 Å². The van der Waals surface area contributed by atoms with Crippen LogP contribution in [0, 0.1) is 11.8 Å². The largest absolute Gasteiger partial charge is 0.504 e. The van der Waals surface area contributed by atoms with E-state index >= 15 is 0 Å². The number of benzene rings is 1. The molecule has 0 bridgehead atoms. The molecule has 4 heterocycles. The standard InChI is InChI=1S/C42H54O23/c1-5-19-21(12-29(47)58-10-9-18-7-8-25(45)26(46)11-18)23(37(54)56-3)16-60-40(19)65-42-36(34(52)32(50)28(15-44)62-42)63-30(48)13-22-20(6-2)39(59-17-24(22)38(55)57-4)64-41-35(53)33(51)31(49)27(14-43)61-41/h5-8,11,16-17,21-22,27-28,31-36,39-46,49-53H,9-10,12-15H2,1-4H3. The minimum atomic E-state index is -1.98. The lowest BCUT2D eigenvalue weighted by molar-refractivity contribution is -0.330. The Hall–Kier alpha value is -5.18. The normalized spacial score (nSPS) is 33.8. The van der Waals surface area contributed by atoms with E-state index < -0.39 is 136 Å². The monoisotopic (exact) mass is 926 g/mol. The lowest BCUT2D eigenvalue weighted by Gasteiger charge is -2.43. The van der Waals surface area contributed by atoms with Crippen LogP contribution >= 0.6 is 0 Å². The third-order valence-corrected chi connectivity index (χ3v) is 11.1. The van der Waals surface area contributed by atoms with Gasteiger partial charge in [-0.15, -0.1) is 0 Å². The molecule has 0 aliphatic carbocycles. The van der Waals surface area contributed by atoms with Crippen LogP contribution < -0.4 is 0 Å². The second-order valence-corrected chi connectivity index (χ2v) is 15.1. The van der Waals surface area contributed by atoms with E-state index in [0.717, 1.165) is 26.7 Å². The van der Waals surface area contributed by atoms with Crippen LogP contribution in [0.1, 0.15) is 32.3 Å². The predicted octanol–water partition coefficient (Wildman–Crippen LogP) is -1.90. The summed E-state index contributed by atoms with van der Waals surface area (Å²) in [6.07, 6.45) is -16.7. The predicted molar refractivity (Wildman–Crippen MR) is 212 cm³/mol. The molecule has 0 spiro atoms. The first-order valence-corrected chi connectivity index (χ1v) is 20.3. The first kappa shape index (κ1) is 50.8. The molecule has 0 radical (unpaired) electrons. The van der Waals surface area contributed by atoms with Crippen LogP contribution in [0.25, 0.3) is 0 Å². The number of phenolic OH excluding ortho intramolecular Hbond substituents is 2. The second-order valence-electron chi connectivity index (χ2n) is 15.1. The van der Waals surface area contributed by atoms with Crippen molar-refractivity contribution < 1.29 is 113 Å². The van der Waals surface area contributed by atoms with E-state index in [1.807, 2.05) is 0 Å². The van der Waals surface area contributed by atoms with Gasteiger partial charge in [0, 0.05) is 29.4 Å². The van der Waals surface area contributed by atoms with Gasteiger partial charge in [0.1, 0.15) is 42.7 Å². The molecule has 2 saturated heterocycles. The minimum Gasteiger partial charge on any atom is -0.504 e. The van der Waals surface area contributed by atoms with E-state index in [9.17, 15) is 65.1 Å². The zero-order chi connectivity index (χ0) is 47.7. The van der Waals surface area contributed by atoms with Gasteiger partial charge in [0.15, 0.2) is 23.9 Å². The molecule has 14 unspecified atom stereocenters. The van der Waals surface area contributed by atoms with Crippen LogP contribution in [0.3, 0.4) is 0 Å². The van der Waals surface area contributed by atoms with Crippen molar-refractivity contribution in [3.05, 3.63) is 70.7 Å². The van der Waals surface area contributed by atoms with E-state index in [-0.39, 0.29) is 46.8 Å². The molecule has 14 atom stereocenters. The molecule has 4 aliphatic heterocycles. The summed E-state index contributed by atoms with van der Waals surface area (Å²) in [6.45, 7) is 1.28. The number of esters is 4. The van der Waals surface area contributed by atoms with Crippen molar-refractivity contribution in [2.75, 3.05) is 34.0 Å². The molecule has 5 rings (SSSR count). The molecule has 0 saturated carbocycles. The first-order valence-electron chi connectivity index (χ1n) is 20.3. The Morgan fingerprint density at radius 2 is 1.17 bits per heavy atom. The fourth-order valence-electron chi connectivity index (χ4n) is 7.56. The van der Waals surface area contributed by atoms with Gasteiger partial charge in [-0.3, -0.25) is 9.59 Å². The third-order valence-electron chi connectivity index (χ3n) is 11.1. The molecule has 4 aliphatic rings. The van der Waals surface area contributed by atoms with E-state index in [2.05, 4.69) is 0 Å². The maximum absolute atomic E-state index is 13.9. The number of carbonyl (C=O) groups excluding carboxylic acids is 4. The van der Waals surface area contributed by atoms with Gasteiger partial charge < -0.3 is 93.3 Å². The highest BCUT2D eigenvalue weighted by Crippen LogP contribution is 2.39. The van der Waals surface area contributed by atoms with Crippen molar-refractivity contribution >= 4 is 23.9 Å². The molecule has 0 aromatic heterocycles. The Bertz CT molecular complexity index is 1980. The Morgan fingerprint density at radius 3 is 1.68 bits per heavy atom. The van der Waals surface area contributed by atoms with Crippen molar-refractivity contribution in [2.45, 2.75) is 107 Å². The van der Waals surface area contributed by atoms with Crippen molar-refractivity contribution in [1.82, 2.24) is 0 Å². The molecule has 23 nitrogen and oxygen atoms in total. The Balaban J connectivity index is 1.35. The van der Waals surface area contributed by atoms with Gasteiger partial charge in [0.25, 0.3) is 0 Å². The summed E-state index contributed by atoms with van der Waals surface area (Å²) in [5.41, 5.74) is 0.429. The Labute approximate surface area is 371 Å². The molecular weight excluding hydrogens is 872 g/mol. The van der Waals surface area contributed by atoms with Crippen LogP contribution in [0.5, 0.6) is 11.5 Å². The number of rotatable bonds is 16. The fourth-order valence-corrected chi connectivity index (χ4v) is 7.56. The molecule has 1 aromatic carbocycles. The molecule has 1 aromatic rings. The first-order chi connectivity index (χ1) is 31.0. The zero-order valence-electron chi connectivity index (χ0n) is 35.6. The van der Waals surface area contributed by atoms with E-state index in [4.69, 9.17) is 47.4 Å². The summed E-state index contributed by atoms with van der Waals surface area (Å²) in [4.78, 5) is 52.9. The smallest absolute Gasteiger partial charge is 0.337 e. The van der Waals surface area contributed by atoms with E-state index in [1.54, 1.807) is 0 Å². The molecule has 2 fully saturated rings. The lowest BCUT2D eigenvalue weighted by atomic mass is 9.86. The lowest BCUT2D eigenvalue weighted by Crippen LogP contribution is -2.61. The van der Waals surface area contributed by atoms with Crippen molar-refractivity contribution in [1.29, 1.82) is 0 Å². The number of aliphatic hydroxyl groups is 7. The highest BCUT2D eigenvalue weighted by atomic mass is 16.8. The number of aromatic hydroxyl groups is 2. The van der Waals surface area contributed by atoms with Crippen LogP contribution in [0.15, 0.2) is 65.2 Å². The zero-order valence-corrected chi connectivity index (χ0v) is 35.6. The molecule has 23 heteroatoms. The maximum atomic E-state index is 13.9. The maximum Gasteiger partial charge on any atom is 0.337 e. The number of methoxy groups -OCH3 is 2. The average Bonchev–Trinajstić information content (AvgIpc) is 3.29. The van der Waals surface area contributed by atoms with E-state index in [0.29, 0.717) is 5.56 Å². The number of carbonyl (C=O) groups is 4. The molecule has 65 heavy (non-hydrogen) atoms. The van der Waals surface area contributed by atoms with Gasteiger partial charge in [-0.25, -0.2) is 9.59 Å². The summed E-state index contributed by atoms with van der Waals surface area (Å²) < 4.78 is 55.3. The number of hydrogen-bond donors (Lipinski definition) is 9. The number of allylic oxidation sites excluding steroid dienone is 2. The minimum absolute atomic E-state index is 0.0705. The van der Waals surface area contributed by atoms with Gasteiger partial charge >= 0.3 is 23.9 Å². The number of phenols is 2. The SMILES string of the molecule is CC=C1C(OC2OC(CO)C(O)C(O)C2O)OC=C(C(=O)OC)C1CC(=O)OC1C(OC2OC=C(C(=O)OC)C(CC(=O)OCCc3ccc(O)c(O)c3)C2=CC)OC(CO)C(O)C1O.